The zero-order valence-electron chi connectivity index (χ0n) is 15.3. The normalized spacial score (nSPS) is 45.5. The predicted molar refractivity (Wildman–Crippen MR) is 95.4 cm³/mol. The highest BCUT2D eigenvalue weighted by Gasteiger charge is 2.56. The van der Waals surface area contributed by atoms with Crippen LogP contribution in [0.2, 0.25) is 0 Å². The molecule has 0 heterocycles. The van der Waals surface area contributed by atoms with Crippen molar-refractivity contribution < 1.29 is 14.3 Å². The van der Waals surface area contributed by atoms with Gasteiger partial charge in [0.15, 0.2) is 11.9 Å². The standard InChI is InChI=1S/C22H28O3/c1-4-15-6-8-19-17-7-5-14-11-20(24)21(25-13(2)23)12-18(14)16(17)9-10-22(15,19)3/h1,11,15-19,21H,5-10,12H2,2-3H3/t15-,16+,17-,18+,19+,21?,22-/m1/s1. The summed E-state index contributed by atoms with van der Waals surface area (Å²) < 4.78 is 5.31. The molecule has 0 aliphatic heterocycles. The van der Waals surface area contributed by atoms with Gasteiger partial charge in [-0.3, -0.25) is 9.59 Å². The quantitative estimate of drug-likeness (QED) is 0.537. The lowest BCUT2D eigenvalue weighted by molar-refractivity contribution is -0.153. The number of carbonyl (C=O) groups excluding carboxylic acids is 2. The second kappa shape index (κ2) is 6.01. The highest BCUT2D eigenvalue weighted by Crippen LogP contribution is 2.63. The summed E-state index contributed by atoms with van der Waals surface area (Å²) in [6.45, 7) is 3.81. The number of hydrogen-bond acceptors (Lipinski definition) is 3. The van der Waals surface area contributed by atoms with Crippen LogP contribution in [0.15, 0.2) is 11.6 Å². The SMILES string of the molecule is C#C[C@@H]1CC[C@H]2[C@@H]3CCC4=CC(=O)C(OC(C)=O)C[C@@H]4[C@H]3CC[C@]12C. The van der Waals surface area contributed by atoms with Gasteiger partial charge in [-0.15, -0.1) is 12.3 Å². The molecule has 4 aliphatic carbocycles. The van der Waals surface area contributed by atoms with Crippen molar-refractivity contribution in [1.29, 1.82) is 0 Å². The van der Waals surface area contributed by atoms with E-state index in [2.05, 4.69) is 12.8 Å². The molecule has 0 spiro atoms. The van der Waals surface area contributed by atoms with Crippen LogP contribution in [0.5, 0.6) is 0 Å². The minimum atomic E-state index is -0.569. The van der Waals surface area contributed by atoms with Crippen molar-refractivity contribution >= 4 is 11.8 Å². The lowest BCUT2D eigenvalue weighted by Crippen LogP contribution is -2.48. The van der Waals surface area contributed by atoms with Gasteiger partial charge >= 0.3 is 5.97 Å². The summed E-state index contributed by atoms with van der Waals surface area (Å²) in [5, 5.41) is 0. The fourth-order valence-corrected chi connectivity index (χ4v) is 6.73. The molecular formula is C22H28O3. The zero-order chi connectivity index (χ0) is 17.8. The fraction of sp³-hybridized carbons (Fsp3) is 0.727. The van der Waals surface area contributed by atoms with E-state index >= 15 is 0 Å². The van der Waals surface area contributed by atoms with Crippen LogP contribution in [0.1, 0.15) is 58.8 Å². The first-order valence-electron chi connectivity index (χ1n) is 9.81. The van der Waals surface area contributed by atoms with Gasteiger partial charge < -0.3 is 4.74 Å². The first kappa shape index (κ1) is 16.9. The van der Waals surface area contributed by atoms with Gasteiger partial charge in [0.05, 0.1) is 0 Å². The number of rotatable bonds is 1. The van der Waals surface area contributed by atoms with E-state index < -0.39 is 6.10 Å². The Morgan fingerprint density at radius 3 is 2.80 bits per heavy atom. The third-order valence-corrected chi connectivity index (χ3v) is 7.87. The van der Waals surface area contributed by atoms with Crippen LogP contribution in [0.4, 0.5) is 0 Å². The smallest absolute Gasteiger partial charge is 0.303 e. The summed E-state index contributed by atoms with van der Waals surface area (Å²) >= 11 is 0. The molecule has 7 atom stereocenters. The molecule has 3 nitrogen and oxygen atoms in total. The van der Waals surface area contributed by atoms with Crippen molar-refractivity contribution in [3.05, 3.63) is 11.6 Å². The van der Waals surface area contributed by atoms with E-state index in [-0.39, 0.29) is 11.8 Å². The monoisotopic (exact) mass is 340 g/mol. The van der Waals surface area contributed by atoms with E-state index in [1.54, 1.807) is 6.08 Å². The number of terminal acetylenes is 1. The minimum Gasteiger partial charge on any atom is -0.454 e. The molecule has 0 aromatic heterocycles. The molecule has 3 saturated carbocycles. The molecule has 0 saturated heterocycles. The van der Waals surface area contributed by atoms with Crippen molar-refractivity contribution in [3.8, 4) is 12.3 Å². The van der Waals surface area contributed by atoms with Crippen LogP contribution in [-0.4, -0.2) is 17.9 Å². The second-order valence-electron chi connectivity index (χ2n) is 8.88. The van der Waals surface area contributed by atoms with Crippen molar-refractivity contribution in [1.82, 2.24) is 0 Å². The van der Waals surface area contributed by atoms with E-state index in [4.69, 9.17) is 11.2 Å². The molecule has 0 bridgehead atoms. The molecule has 0 N–H and O–H groups in total. The Morgan fingerprint density at radius 1 is 1.28 bits per heavy atom. The van der Waals surface area contributed by atoms with Crippen LogP contribution in [-0.2, 0) is 14.3 Å². The Hall–Kier alpha value is -1.56. The molecule has 0 aromatic carbocycles. The molecule has 0 aromatic rings. The average molecular weight is 340 g/mol. The summed E-state index contributed by atoms with van der Waals surface area (Å²) in [5.74, 6) is 5.60. The summed E-state index contributed by atoms with van der Waals surface area (Å²) in [5.41, 5.74) is 1.61. The van der Waals surface area contributed by atoms with Gasteiger partial charge in [-0.1, -0.05) is 12.5 Å². The van der Waals surface area contributed by atoms with Gasteiger partial charge in [0.2, 0.25) is 0 Å². The van der Waals surface area contributed by atoms with Crippen molar-refractivity contribution in [3.63, 3.8) is 0 Å². The first-order chi connectivity index (χ1) is 11.9. The third kappa shape index (κ3) is 2.57. The maximum atomic E-state index is 12.3. The fourth-order valence-electron chi connectivity index (χ4n) is 6.73. The van der Waals surface area contributed by atoms with Gasteiger partial charge in [-0.05, 0) is 80.1 Å². The van der Waals surface area contributed by atoms with Gasteiger partial charge in [0.25, 0.3) is 0 Å². The molecule has 0 amide bonds. The Kier molecular flexibility index (Phi) is 4.06. The van der Waals surface area contributed by atoms with Crippen LogP contribution in [0.3, 0.4) is 0 Å². The highest BCUT2D eigenvalue weighted by molar-refractivity contribution is 5.96. The number of esters is 1. The molecule has 4 rings (SSSR count). The number of hydrogen-bond donors (Lipinski definition) is 0. The van der Waals surface area contributed by atoms with Crippen LogP contribution in [0, 0.1) is 47.3 Å². The lowest BCUT2D eigenvalue weighted by Gasteiger charge is -2.53. The third-order valence-electron chi connectivity index (χ3n) is 7.87. The molecule has 3 heteroatoms. The molecule has 3 fully saturated rings. The predicted octanol–water partition coefficient (Wildman–Crippen LogP) is 3.92. The van der Waals surface area contributed by atoms with Crippen molar-refractivity contribution in [2.75, 3.05) is 0 Å². The van der Waals surface area contributed by atoms with E-state index in [1.807, 2.05) is 0 Å². The molecule has 134 valence electrons. The number of ether oxygens (including phenoxy) is 1. The number of carbonyl (C=O) groups is 2. The van der Waals surface area contributed by atoms with Gasteiger partial charge in [0, 0.05) is 12.8 Å². The lowest BCUT2D eigenvalue weighted by atomic mass is 9.51. The maximum Gasteiger partial charge on any atom is 0.303 e. The van der Waals surface area contributed by atoms with Crippen LogP contribution < -0.4 is 0 Å². The van der Waals surface area contributed by atoms with Gasteiger partial charge in [-0.2, -0.15) is 0 Å². The van der Waals surface area contributed by atoms with Crippen LogP contribution in [0.25, 0.3) is 0 Å². The minimum absolute atomic E-state index is 0.0196. The van der Waals surface area contributed by atoms with E-state index in [0.29, 0.717) is 35.5 Å². The topological polar surface area (TPSA) is 43.4 Å². The Bertz CT molecular complexity index is 669. The summed E-state index contributed by atoms with van der Waals surface area (Å²) in [6.07, 6.45) is 14.8. The number of ketones is 1. The largest absolute Gasteiger partial charge is 0.454 e. The molecule has 25 heavy (non-hydrogen) atoms. The van der Waals surface area contributed by atoms with Crippen LogP contribution >= 0.6 is 0 Å². The molecular weight excluding hydrogens is 312 g/mol. The zero-order valence-corrected chi connectivity index (χ0v) is 15.3. The number of fused-ring (bicyclic) bond motifs is 5. The van der Waals surface area contributed by atoms with E-state index in [0.717, 1.165) is 12.3 Å². The molecule has 1 unspecified atom stereocenters. The summed E-state index contributed by atoms with van der Waals surface area (Å²) in [7, 11) is 0. The Morgan fingerprint density at radius 2 is 2.08 bits per heavy atom. The van der Waals surface area contributed by atoms with Crippen molar-refractivity contribution in [2.24, 2.45) is 35.0 Å². The first-order valence-corrected chi connectivity index (χ1v) is 9.81. The summed E-state index contributed by atoms with van der Waals surface area (Å²) in [6, 6.07) is 0. The van der Waals surface area contributed by atoms with Gasteiger partial charge in [-0.25, -0.2) is 0 Å². The maximum absolute atomic E-state index is 12.3. The Balaban J connectivity index is 1.59. The van der Waals surface area contributed by atoms with E-state index in [9.17, 15) is 9.59 Å². The molecule has 4 aliphatic rings. The van der Waals surface area contributed by atoms with E-state index in [1.165, 1.54) is 44.6 Å². The number of allylic oxidation sites excluding steroid dienone is 1. The average Bonchev–Trinajstić information content (AvgIpc) is 2.91. The highest BCUT2D eigenvalue weighted by atomic mass is 16.5. The molecule has 0 radical (unpaired) electrons. The van der Waals surface area contributed by atoms with Crippen molar-refractivity contribution in [2.45, 2.75) is 64.9 Å². The van der Waals surface area contributed by atoms with Gasteiger partial charge in [0.1, 0.15) is 0 Å². The summed E-state index contributed by atoms with van der Waals surface area (Å²) in [4.78, 5) is 23.6. The Labute approximate surface area is 150 Å². The second-order valence-corrected chi connectivity index (χ2v) is 8.88.